The van der Waals surface area contributed by atoms with Gasteiger partial charge in [-0.15, -0.1) is 11.3 Å². The maximum Gasteiger partial charge on any atom is 0.0921 e. The highest BCUT2D eigenvalue weighted by Gasteiger charge is 2.44. The summed E-state index contributed by atoms with van der Waals surface area (Å²) in [6, 6.07) is 11.0. The molecule has 1 unspecified atom stereocenters. The second-order valence-electron chi connectivity index (χ2n) is 5.66. The Bertz CT molecular complexity index is 493. The molecule has 0 spiro atoms. The zero-order chi connectivity index (χ0) is 11.3. The molecule has 2 aromatic rings. The fraction of sp³-hybridized carbons (Fsp3) is 0.385. The van der Waals surface area contributed by atoms with E-state index in [2.05, 4.69) is 54.9 Å². The van der Waals surface area contributed by atoms with E-state index in [4.69, 9.17) is 0 Å². The van der Waals surface area contributed by atoms with Gasteiger partial charge in [-0.3, -0.25) is 0 Å². The zero-order valence-corrected chi connectivity index (χ0v) is 11.8. The van der Waals surface area contributed by atoms with Crippen molar-refractivity contribution in [2.45, 2.75) is 25.3 Å². The number of nitrogens with zero attached hydrogens (tertiary/aromatic N) is 1. The predicted molar refractivity (Wildman–Crippen MR) is 76.3 cm³/mol. The SMILES string of the molecule is C[Si](C)(C)C1CN1c1cc2ccccc2s1. The Balaban J connectivity index is 1.92. The van der Waals surface area contributed by atoms with Gasteiger partial charge in [0.2, 0.25) is 0 Å². The van der Waals surface area contributed by atoms with Crippen LogP contribution in [0.1, 0.15) is 0 Å². The minimum absolute atomic E-state index is 0.862. The van der Waals surface area contributed by atoms with Gasteiger partial charge in [0, 0.05) is 16.9 Å². The number of benzene rings is 1. The Morgan fingerprint density at radius 3 is 2.62 bits per heavy atom. The predicted octanol–water partition coefficient (Wildman–Crippen LogP) is 3.97. The number of hydrogen-bond acceptors (Lipinski definition) is 2. The van der Waals surface area contributed by atoms with Crippen LogP contribution in [0.5, 0.6) is 0 Å². The van der Waals surface area contributed by atoms with E-state index in [1.807, 2.05) is 11.3 Å². The summed E-state index contributed by atoms with van der Waals surface area (Å²) in [5, 5.41) is 2.86. The van der Waals surface area contributed by atoms with Gasteiger partial charge in [0.25, 0.3) is 0 Å². The minimum atomic E-state index is -0.986. The lowest BCUT2D eigenvalue weighted by atomic mass is 10.3. The highest BCUT2D eigenvalue weighted by molar-refractivity contribution is 7.23. The lowest BCUT2D eigenvalue weighted by Gasteiger charge is -2.15. The van der Waals surface area contributed by atoms with Crippen molar-refractivity contribution in [3.8, 4) is 0 Å². The summed E-state index contributed by atoms with van der Waals surface area (Å²) in [6.07, 6.45) is 0. The van der Waals surface area contributed by atoms with Gasteiger partial charge in [0.1, 0.15) is 0 Å². The number of anilines is 1. The second-order valence-corrected chi connectivity index (χ2v) is 12.1. The molecule has 16 heavy (non-hydrogen) atoms. The highest BCUT2D eigenvalue weighted by Crippen LogP contribution is 2.40. The Morgan fingerprint density at radius 1 is 1.25 bits per heavy atom. The van der Waals surface area contributed by atoms with Gasteiger partial charge in [0.15, 0.2) is 0 Å². The molecule has 0 bridgehead atoms. The highest BCUT2D eigenvalue weighted by atomic mass is 32.1. The number of rotatable bonds is 2. The number of fused-ring (bicyclic) bond motifs is 1. The van der Waals surface area contributed by atoms with Crippen LogP contribution in [0, 0.1) is 0 Å². The van der Waals surface area contributed by atoms with Crippen LogP contribution in [-0.2, 0) is 0 Å². The van der Waals surface area contributed by atoms with Gasteiger partial charge in [-0.25, -0.2) is 0 Å². The Hall–Kier alpha value is -0.803. The first-order valence-electron chi connectivity index (χ1n) is 5.81. The van der Waals surface area contributed by atoms with Crippen LogP contribution in [-0.4, -0.2) is 20.3 Å². The van der Waals surface area contributed by atoms with Crippen LogP contribution in [0.15, 0.2) is 30.3 Å². The molecule has 3 rings (SSSR count). The van der Waals surface area contributed by atoms with Crippen LogP contribution in [0.4, 0.5) is 5.00 Å². The van der Waals surface area contributed by atoms with Crippen molar-refractivity contribution in [3.63, 3.8) is 0 Å². The third-order valence-electron chi connectivity index (χ3n) is 3.31. The van der Waals surface area contributed by atoms with E-state index in [0.29, 0.717) is 0 Å². The van der Waals surface area contributed by atoms with Crippen molar-refractivity contribution in [1.29, 1.82) is 0 Å². The van der Waals surface area contributed by atoms with Crippen molar-refractivity contribution in [2.24, 2.45) is 0 Å². The van der Waals surface area contributed by atoms with E-state index < -0.39 is 8.07 Å². The van der Waals surface area contributed by atoms with Crippen molar-refractivity contribution >= 4 is 34.5 Å². The molecule has 0 radical (unpaired) electrons. The Morgan fingerprint density at radius 2 is 2.00 bits per heavy atom. The molecular weight excluding hydrogens is 230 g/mol. The van der Waals surface area contributed by atoms with E-state index in [0.717, 1.165) is 5.67 Å². The van der Waals surface area contributed by atoms with E-state index in [-0.39, 0.29) is 0 Å². The van der Waals surface area contributed by atoms with E-state index in [1.54, 1.807) is 0 Å². The van der Waals surface area contributed by atoms with Crippen molar-refractivity contribution in [1.82, 2.24) is 0 Å². The van der Waals surface area contributed by atoms with Crippen molar-refractivity contribution in [3.05, 3.63) is 30.3 Å². The molecule has 1 aromatic carbocycles. The number of hydrogen-bond donors (Lipinski definition) is 0. The van der Waals surface area contributed by atoms with Gasteiger partial charge in [-0.05, 0) is 17.5 Å². The molecule has 2 heterocycles. The fourth-order valence-electron chi connectivity index (χ4n) is 2.23. The van der Waals surface area contributed by atoms with Gasteiger partial charge < -0.3 is 4.90 Å². The molecule has 0 amide bonds. The molecule has 1 aromatic heterocycles. The van der Waals surface area contributed by atoms with Crippen LogP contribution in [0.25, 0.3) is 10.1 Å². The summed E-state index contributed by atoms with van der Waals surface area (Å²) >= 11 is 1.94. The molecule has 84 valence electrons. The van der Waals surface area contributed by atoms with Crippen molar-refractivity contribution in [2.75, 3.05) is 11.4 Å². The molecule has 0 aliphatic carbocycles. The summed E-state index contributed by atoms with van der Waals surface area (Å²) < 4.78 is 1.42. The molecule has 0 saturated carbocycles. The first-order valence-corrected chi connectivity index (χ1v) is 10.2. The lowest BCUT2D eigenvalue weighted by Crippen LogP contribution is -2.31. The Labute approximate surface area is 102 Å². The third kappa shape index (κ3) is 1.68. The average molecular weight is 247 g/mol. The molecule has 1 atom stereocenters. The molecule has 1 nitrogen and oxygen atoms in total. The summed E-state index contributed by atoms with van der Waals surface area (Å²) in [4.78, 5) is 2.58. The first kappa shape index (κ1) is 10.4. The quantitative estimate of drug-likeness (QED) is 0.573. The van der Waals surface area contributed by atoms with Crippen LogP contribution in [0.2, 0.25) is 19.6 Å². The maximum absolute atomic E-state index is 2.58. The topological polar surface area (TPSA) is 3.01 Å². The lowest BCUT2D eigenvalue weighted by molar-refractivity contribution is 1.33. The normalized spacial score (nSPS) is 20.4. The molecule has 3 heteroatoms. The molecule has 1 fully saturated rings. The standard InChI is InChI=1S/C13H17NSSi/c1-16(2,3)13-9-14(13)12-8-10-6-4-5-7-11(10)15-12/h4-8,13H,9H2,1-3H3. The minimum Gasteiger partial charge on any atom is -0.360 e. The maximum atomic E-state index is 2.58. The van der Waals surface area contributed by atoms with E-state index in [9.17, 15) is 0 Å². The second kappa shape index (κ2) is 3.34. The van der Waals surface area contributed by atoms with E-state index >= 15 is 0 Å². The smallest absolute Gasteiger partial charge is 0.0921 e. The van der Waals surface area contributed by atoms with Gasteiger partial charge >= 0.3 is 0 Å². The van der Waals surface area contributed by atoms with Gasteiger partial charge in [0.05, 0.1) is 13.1 Å². The molecule has 1 aliphatic rings. The summed E-state index contributed by atoms with van der Waals surface area (Å²) in [7, 11) is -0.986. The molecule has 1 saturated heterocycles. The summed E-state index contributed by atoms with van der Waals surface area (Å²) in [5.41, 5.74) is 0.862. The molecule has 0 N–H and O–H groups in total. The van der Waals surface area contributed by atoms with Gasteiger partial charge in [-0.1, -0.05) is 37.8 Å². The fourth-order valence-corrected chi connectivity index (χ4v) is 5.27. The third-order valence-corrected chi connectivity index (χ3v) is 6.95. The summed E-state index contributed by atoms with van der Waals surface area (Å²) in [5.74, 6) is 0. The van der Waals surface area contributed by atoms with Crippen LogP contribution < -0.4 is 4.90 Å². The Kier molecular flexibility index (Phi) is 2.16. The largest absolute Gasteiger partial charge is 0.360 e. The zero-order valence-electron chi connectivity index (χ0n) is 10.0. The molecule has 1 aliphatic heterocycles. The summed E-state index contributed by atoms with van der Waals surface area (Å²) in [6.45, 7) is 8.67. The van der Waals surface area contributed by atoms with Crippen LogP contribution in [0.3, 0.4) is 0 Å². The van der Waals surface area contributed by atoms with E-state index in [1.165, 1.54) is 21.6 Å². The molecular formula is C13H17NSSi. The van der Waals surface area contributed by atoms with Crippen LogP contribution >= 0.6 is 11.3 Å². The average Bonchev–Trinajstić information content (AvgIpc) is 2.91. The monoisotopic (exact) mass is 247 g/mol. The number of thiophene rings is 1. The van der Waals surface area contributed by atoms with Gasteiger partial charge in [-0.2, -0.15) is 0 Å². The first-order chi connectivity index (χ1) is 7.55. The van der Waals surface area contributed by atoms with Crippen molar-refractivity contribution < 1.29 is 0 Å².